The van der Waals surface area contributed by atoms with E-state index in [0.717, 1.165) is 56.2 Å². The van der Waals surface area contributed by atoms with Crippen LogP contribution in [-0.4, -0.2) is 17.0 Å². The molecule has 194 valence electrons. The maximum Gasteiger partial charge on any atom is 0.416 e. The quantitative estimate of drug-likeness (QED) is 0.185. The zero-order valence-electron chi connectivity index (χ0n) is 19.6. The molecular formula is C26H24F3N3O4S. The summed E-state index contributed by atoms with van der Waals surface area (Å²) in [4.78, 5) is 23.5. The average molecular weight is 532 g/mol. The number of non-ortho nitro benzene ring substituents is 1. The highest BCUT2D eigenvalue weighted by Crippen LogP contribution is 2.36. The van der Waals surface area contributed by atoms with E-state index >= 15 is 0 Å². The van der Waals surface area contributed by atoms with Crippen LogP contribution in [0.3, 0.4) is 0 Å². The van der Waals surface area contributed by atoms with Gasteiger partial charge in [0.15, 0.2) is 0 Å². The molecule has 3 aromatic rings. The minimum atomic E-state index is -4.42. The molecule has 0 aliphatic heterocycles. The van der Waals surface area contributed by atoms with Crippen molar-refractivity contribution in [2.75, 3.05) is 0 Å². The van der Waals surface area contributed by atoms with Gasteiger partial charge in [0.1, 0.15) is 11.5 Å². The molecule has 1 fully saturated rings. The van der Waals surface area contributed by atoms with Crippen molar-refractivity contribution in [2.45, 2.75) is 49.2 Å². The monoisotopic (exact) mass is 531 g/mol. The Labute approximate surface area is 215 Å². The van der Waals surface area contributed by atoms with Crippen LogP contribution in [0.1, 0.15) is 37.7 Å². The molecule has 0 spiro atoms. The van der Waals surface area contributed by atoms with Crippen LogP contribution in [0.25, 0.3) is 11.1 Å². The fraction of sp³-hybridized carbons (Fsp3) is 0.269. The van der Waals surface area contributed by atoms with E-state index in [1.807, 2.05) is 0 Å². The Bertz CT molecular complexity index is 1260. The van der Waals surface area contributed by atoms with Crippen molar-refractivity contribution in [3.63, 3.8) is 0 Å². The molecule has 1 saturated carbocycles. The van der Waals surface area contributed by atoms with E-state index in [1.165, 1.54) is 30.3 Å². The summed E-state index contributed by atoms with van der Waals surface area (Å²) in [5, 5.41) is 14.2. The Kier molecular flexibility index (Phi) is 8.22. The first kappa shape index (κ1) is 26.3. The second-order valence-corrected chi connectivity index (χ2v) is 9.45. The minimum absolute atomic E-state index is 0.100. The summed E-state index contributed by atoms with van der Waals surface area (Å²) in [7, 11) is 0. The van der Waals surface area contributed by atoms with Crippen molar-refractivity contribution in [2.24, 2.45) is 0 Å². The molecule has 0 atom stereocenters. The van der Waals surface area contributed by atoms with Gasteiger partial charge in [-0.25, -0.2) is 4.79 Å². The molecule has 0 saturated heterocycles. The van der Waals surface area contributed by atoms with Crippen LogP contribution in [0.4, 0.5) is 23.7 Å². The highest BCUT2D eigenvalue weighted by atomic mass is 32.2. The molecule has 3 aromatic carbocycles. The molecule has 4 rings (SSSR count). The SMILES string of the molecule is O=C(NSc1cc([N+](=O)[O-])ccc1Oc1cccc(-c2ccc(C(F)(F)F)cc2)c1)NC1CCCCC1. The van der Waals surface area contributed by atoms with Crippen molar-refractivity contribution in [3.05, 3.63) is 82.4 Å². The molecule has 1 aliphatic carbocycles. The molecule has 37 heavy (non-hydrogen) atoms. The van der Waals surface area contributed by atoms with Crippen molar-refractivity contribution in [1.29, 1.82) is 0 Å². The number of nitro benzene ring substituents is 1. The third-order valence-electron chi connectivity index (χ3n) is 5.94. The second kappa shape index (κ2) is 11.5. The molecule has 7 nitrogen and oxygen atoms in total. The van der Waals surface area contributed by atoms with Crippen LogP contribution in [0.5, 0.6) is 11.5 Å². The maximum atomic E-state index is 12.9. The molecular weight excluding hydrogens is 507 g/mol. The van der Waals surface area contributed by atoms with E-state index in [9.17, 15) is 28.1 Å². The summed E-state index contributed by atoms with van der Waals surface area (Å²) < 4.78 is 47.3. The van der Waals surface area contributed by atoms with Crippen LogP contribution in [-0.2, 0) is 6.18 Å². The number of nitrogens with one attached hydrogen (secondary N) is 2. The van der Waals surface area contributed by atoms with Gasteiger partial charge in [0, 0.05) is 18.2 Å². The lowest BCUT2D eigenvalue weighted by Crippen LogP contribution is -2.40. The zero-order valence-corrected chi connectivity index (χ0v) is 20.4. The number of hydrogen-bond acceptors (Lipinski definition) is 5. The molecule has 2 amide bonds. The number of benzene rings is 3. The minimum Gasteiger partial charge on any atom is -0.456 e. The number of carbonyl (C=O) groups excluding carboxylic acids is 1. The van der Waals surface area contributed by atoms with Gasteiger partial charge in [-0.1, -0.05) is 43.5 Å². The largest absolute Gasteiger partial charge is 0.456 e. The molecule has 0 aromatic heterocycles. The van der Waals surface area contributed by atoms with Gasteiger partial charge >= 0.3 is 12.2 Å². The Hall–Kier alpha value is -3.73. The van der Waals surface area contributed by atoms with Gasteiger partial charge in [-0.05, 0) is 66.2 Å². The molecule has 0 unspecified atom stereocenters. The van der Waals surface area contributed by atoms with E-state index in [1.54, 1.807) is 24.3 Å². The van der Waals surface area contributed by atoms with E-state index < -0.39 is 22.7 Å². The van der Waals surface area contributed by atoms with Crippen molar-refractivity contribution >= 4 is 23.7 Å². The van der Waals surface area contributed by atoms with Gasteiger partial charge in [-0.3, -0.25) is 14.8 Å². The third kappa shape index (κ3) is 7.16. The van der Waals surface area contributed by atoms with Gasteiger partial charge < -0.3 is 10.1 Å². The summed E-state index contributed by atoms with van der Waals surface area (Å²) in [5.41, 5.74) is 0.296. The number of alkyl halides is 3. The fourth-order valence-corrected chi connectivity index (χ4v) is 4.71. The predicted molar refractivity (Wildman–Crippen MR) is 134 cm³/mol. The average Bonchev–Trinajstić information content (AvgIpc) is 2.88. The second-order valence-electron chi connectivity index (χ2n) is 8.61. The lowest BCUT2D eigenvalue weighted by Gasteiger charge is -2.22. The summed E-state index contributed by atoms with van der Waals surface area (Å²) in [5.74, 6) is 0.651. The molecule has 11 heteroatoms. The molecule has 1 aliphatic rings. The van der Waals surface area contributed by atoms with E-state index in [4.69, 9.17) is 4.74 Å². The number of hydrogen-bond donors (Lipinski definition) is 2. The topological polar surface area (TPSA) is 93.5 Å². The van der Waals surface area contributed by atoms with Crippen LogP contribution in [0.2, 0.25) is 0 Å². The first-order chi connectivity index (χ1) is 17.7. The van der Waals surface area contributed by atoms with Crippen molar-refractivity contribution in [1.82, 2.24) is 10.0 Å². The Morgan fingerprint density at radius 1 is 0.973 bits per heavy atom. The maximum absolute atomic E-state index is 12.9. The highest BCUT2D eigenvalue weighted by Gasteiger charge is 2.30. The molecule has 0 bridgehead atoms. The number of halogens is 3. The van der Waals surface area contributed by atoms with Gasteiger partial charge in [0.2, 0.25) is 0 Å². The number of amides is 2. The lowest BCUT2D eigenvalue weighted by molar-refractivity contribution is -0.385. The van der Waals surface area contributed by atoms with Gasteiger partial charge in [-0.15, -0.1) is 0 Å². The summed E-state index contributed by atoms with van der Waals surface area (Å²) in [6, 6.07) is 15.3. The normalized spacial score (nSPS) is 14.1. The van der Waals surface area contributed by atoms with Gasteiger partial charge in [0.25, 0.3) is 5.69 Å². The summed E-state index contributed by atoms with van der Waals surface area (Å²) in [6.45, 7) is 0. The Morgan fingerprint density at radius 2 is 1.70 bits per heavy atom. The van der Waals surface area contributed by atoms with Crippen LogP contribution in [0.15, 0.2) is 71.6 Å². The number of nitrogens with zero attached hydrogens (tertiary/aromatic N) is 1. The fourth-order valence-electron chi connectivity index (χ4n) is 4.06. The first-order valence-corrected chi connectivity index (χ1v) is 12.5. The number of nitro groups is 1. The standard InChI is InChI=1S/C26H24F3N3O4S/c27-26(28,29)19-11-9-17(10-12-19)18-5-4-8-22(15-18)36-23-14-13-21(32(34)35)16-24(23)37-31-25(33)30-20-6-2-1-3-7-20/h4-5,8-16,20H,1-3,6-7H2,(H2,30,31,33). The van der Waals surface area contributed by atoms with Gasteiger partial charge in [-0.2, -0.15) is 13.2 Å². The van der Waals surface area contributed by atoms with Crippen LogP contribution < -0.4 is 14.8 Å². The van der Waals surface area contributed by atoms with E-state index in [2.05, 4.69) is 10.0 Å². The first-order valence-electron chi connectivity index (χ1n) is 11.7. The zero-order chi connectivity index (χ0) is 26.4. The summed E-state index contributed by atoms with van der Waals surface area (Å²) in [6.07, 6.45) is 0.688. The lowest BCUT2D eigenvalue weighted by atomic mass is 9.96. The molecule has 0 heterocycles. The number of ether oxygens (including phenoxy) is 1. The Morgan fingerprint density at radius 3 is 2.38 bits per heavy atom. The van der Waals surface area contributed by atoms with Crippen LogP contribution in [0, 0.1) is 10.1 Å². The van der Waals surface area contributed by atoms with Crippen molar-refractivity contribution < 1.29 is 27.6 Å². The van der Waals surface area contributed by atoms with Crippen molar-refractivity contribution in [3.8, 4) is 22.6 Å². The van der Waals surface area contributed by atoms with Gasteiger partial charge in [0.05, 0.1) is 15.4 Å². The highest BCUT2D eigenvalue weighted by molar-refractivity contribution is 7.98. The molecule has 0 radical (unpaired) electrons. The summed E-state index contributed by atoms with van der Waals surface area (Å²) >= 11 is 0.901. The van der Waals surface area contributed by atoms with Crippen LogP contribution >= 0.6 is 11.9 Å². The number of rotatable bonds is 7. The Balaban J connectivity index is 1.50. The van der Waals surface area contributed by atoms with E-state index in [-0.39, 0.29) is 17.5 Å². The number of carbonyl (C=O) groups is 1. The number of urea groups is 1. The molecule has 2 N–H and O–H groups in total. The smallest absolute Gasteiger partial charge is 0.416 e. The predicted octanol–water partition coefficient (Wildman–Crippen LogP) is 7.71. The third-order valence-corrected chi connectivity index (χ3v) is 6.77. The van der Waals surface area contributed by atoms with E-state index in [0.29, 0.717) is 21.8 Å².